The van der Waals surface area contributed by atoms with Crippen molar-refractivity contribution in [1.29, 1.82) is 0 Å². The summed E-state index contributed by atoms with van der Waals surface area (Å²) in [6.07, 6.45) is 3.30. The Balaban J connectivity index is 2.10. The summed E-state index contributed by atoms with van der Waals surface area (Å²) in [7, 11) is 0. The lowest BCUT2D eigenvalue weighted by Crippen LogP contribution is -2.25. The van der Waals surface area contributed by atoms with Gasteiger partial charge in [0.2, 0.25) is 0 Å². The number of amides is 1. The summed E-state index contributed by atoms with van der Waals surface area (Å²) >= 11 is 0. The van der Waals surface area contributed by atoms with Crippen LogP contribution in [-0.2, 0) is 4.79 Å². The van der Waals surface area contributed by atoms with Crippen molar-refractivity contribution in [2.75, 3.05) is 6.54 Å². The Bertz CT molecular complexity index is 596. The number of fused-ring (bicyclic) bond motifs is 1. The number of rotatable bonds is 4. The number of carbonyl (C=O) groups is 2. The van der Waals surface area contributed by atoms with Crippen molar-refractivity contribution < 1.29 is 14.7 Å². The number of nitrogens with one attached hydrogen (secondary N) is 1. The van der Waals surface area contributed by atoms with Crippen LogP contribution in [-0.4, -0.2) is 28.5 Å². The van der Waals surface area contributed by atoms with Gasteiger partial charge in [0.15, 0.2) is 0 Å². The molecule has 5 heteroatoms. The van der Waals surface area contributed by atoms with Gasteiger partial charge in [-0.15, -0.1) is 0 Å². The van der Waals surface area contributed by atoms with Gasteiger partial charge >= 0.3 is 5.97 Å². The summed E-state index contributed by atoms with van der Waals surface area (Å²) in [5.74, 6) is -1.20. The second-order valence-electron chi connectivity index (χ2n) is 3.84. The number of aliphatic carboxylic acids is 1. The molecule has 0 bridgehead atoms. The van der Waals surface area contributed by atoms with Gasteiger partial charge < -0.3 is 10.4 Å². The van der Waals surface area contributed by atoms with Crippen LogP contribution in [0.2, 0.25) is 0 Å². The third-order valence-corrected chi connectivity index (χ3v) is 2.53. The molecule has 0 aliphatic rings. The molecule has 5 nitrogen and oxygen atoms in total. The van der Waals surface area contributed by atoms with E-state index in [9.17, 15) is 9.59 Å². The topological polar surface area (TPSA) is 79.3 Å². The smallest absolute Gasteiger partial charge is 0.305 e. The molecule has 0 radical (unpaired) electrons. The Morgan fingerprint density at radius 2 is 2.06 bits per heavy atom. The fourth-order valence-corrected chi connectivity index (χ4v) is 1.61. The van der Waals surface area contributed by atoms with E-state index in [1.54, 1.807) is 24.5 Å². The summed E-state index contributed by atoms with van der Waals surface area (Å²) < 4.78 is 0. The first-order valence-corrected chi connectivity index (χ1v) is 5.50. The highest BCUT2D eigenvalue weighted by atomic mass is 16.4. The van der Waals surface area contributed by atoms with E-state index in [-0.39, 0.29) is 18.9 Å². The first-order valence-electron chi connectivity index (χ1n) is 5.50. The molecular weight excluding hydrogens is 232 g/mol. The van der Waals surface area contributed by atoms with E-state index in [2.05, 4.69) is 10.3 Å². The third kappa shape index (κ3) is 2.82. The average molecular weight is 244 g/mol. The van der Waals surface area contributed by atoms with Crippen molar-refractivity contribution in [1.82, 2.24) is 10.3 Å². The summed E-state index contributed by atoms with van der Waals surface area (Å²) in [6.45, 7) is 0.128. The molecule has 0 saturated heterocycles. The molecule has 0 spiro atoms. The van der Waals surface area contributed by atoms with E-state index in [4.69, 9.17) is 5.11 Å². The maximum absolute atomic E-state index is 11.8. The minimum atomic E-state index is -0.931. The lowest BCUT2D eigenvalue weighted by molar-refractivity contribution is -0.136. The molecular formula is C13H12N2O3. The monoisotopic (exact) mass is 244 g/mol. The number of hydrogen-bond acceptors (Lipinski definition) is 3. The summed E-state index contributed by atoms with van der Waals surface area (Å²) in [5.41, 5.74) is 0.513. The number of carbonyl (C=O) groups excluding carboxylic acids is 1. The molecule has 0 fully saturated rings. The molecule has 0 aliphatic carbocycles. The second kappa shape index (κ2) is 5.27. The quantitative estimate of drug-likeness (QED) is 0.852. The zero-order valence-electron chi connectivity index (χ0n) is 9.59. The van der Waals surface area contributed by atoms with Crippen molar-refractivity contribution in [3.63, 3.8) is 0 Å². The first-order chi connectivity index (χ1) is 8.66. The maximum Gasteiger partial charge on any atom is 0.305 e. The number of carboxylic acids is 1. The summed E-state index contributed by atoms with van der Waals surface area (Å²) in [6, 6.07) is 7.09. The van der Waals surface area contributed by atoms with Gasteiger partial charge in [0.1, 0.15) is 0 Å². The van der Waals surface area contributed by atoms with E-state index in [1.165, 1.54) is 0 Å². The van der Waals surface area contributed by atoms with Crippen LogP contribution in [0.4, 0.5) is 0 Å². The van der Waals surface area contributed by atoms with Gasteiger partial charge in [-0.05, 0) is 23.6 Å². The van der Waals surface area contributed by atoms with Gasteiger partial charge in [-0.1, -0.05) is 6.07 Å². The van der Waals surface area contributed by atoms with Crippen molar-refractivity contribution in [2.45, 2.75) is 6.42 Å². The molecule has 18 heavy (non-hydrogen) atoms. The second-order valence-corrected chi connectivity index (χ2v) is 3.84. The Kier molecular flexibility index (Phi) is 3.52. The zero-order chi connectivity index (χ0) is 13.0. The van der Waals surface area contributed by atoms with Gasteiger partial charge in [-0.2, -0.15) is 0 Å². The highest BCUT2D eigenvalue weighted by molar-refractivity contribution is 5.98. The minimum Gasteiger partial charge on any atom is -0.481 e. The van der Waals surface area contributed by atoms with Crippen LogP contribution in [0.1, 0.15) is 16.8 Å². The molecule has 1 heterocycles. The van der Waals surface area contributed by atoms with Gasteiger partial charge in [0.05, 0.1) is 6.42 Å². The van der Waals surface area contributed by atoms with Crippen LogP contribution in [0.15, 0.2) is 36.7 Å². The van der Waals surface area contributed by atoms with Crippen molar-refractivity contribution in [3.8, 4) is 0 Å². The van der Waals surface area contributed by atoms with Gasteiger partial charge in [0, 0.05) is 29.9 Å². The molecule has 0 atom stereocenters. The number of benzene rings is 1. The highest BCUT2D eigenvalue weighted by Gasteiger charge is 2.06. The zero-order valence-corrected chi connectivity index (χ0v) is 9.59. The van der Waals surface area contributed by atoms with E-state index < -0.39 is 5.97 Å². The van der Waals surface area contributed by atoms with Gasteiger partial charge in [-0.25, -0.2) is 0 Å². The Morgan fingerprint density at radius 3 is 2.83 bits per heavy atom. The highest BCUT2D eigenvalue weighted by Crippen LogP contribution is 2.14. The van der Waals surface area contributed by atoms with Crippen LogP contribution in [0.25, 0.3) is 10.8 Å². The molecule has 2 rings (SSSR count). The molecule has 0 saturated carbocycles. The molecule has 92 valence electrons. The van der Waals surface area contributed by atoms with Crippen molar-refractivity contribution in [3.05, 3.63) is 42.2 Å². The number of hydrogen-bond donors (Lipinski definition) is 2. The summed E-state index contributed by atoms with van der Waals surface area (Å²) in [4.78, 5) is 26.1. The molecule has 0 aliphatic heterocycles. The van der Waals surface area contributed by atoms with E-state index in [0.717, 1.165) is 10.8 Å². The Hall–Kier alpha value is -2.43. The van der Waals surface area contributed by atoms with Crippen LogP contribution in [0, 0.1) is 0 Å². The van der Waals surface area contributed by atoms with E-state index in [1.807, 2.05) is 12.1 Å². The minimum absolute atomic E-state index is 0.0801. The average Bonchev–Trinajstić information content (AvgIpc) is 2.37. The van der Waals surface area contributed by atoms with Crippen LogP contribution < -0.4 is 5.32 Å². The maximum atomic E-state index is 11.8. The lowest BCUT2D eigenvalue weighted by Gasteiger charge is -2.04. The lowest BCUT2D eigenvalue weighted by atomic mass is 10.1. The predicted molar refractivity (Wildman–Crippen MR) is 66.3 cm³/mol. The van der Waals surface area contributed by atoms with Crippen LogP contribution in [0.5, 0.6) is 0 Å². The van der Waals surface area contributed by atoms with E-state index >= 15 is 0 Å². The fourth-order valence-electron chi connectivity index (χ4n) is 1.61. The Morgan fingerprint density at radius 1 is 1.22 bits per heavy atom. The SMILES string of the molecule is O=C(O)CCNC(=O)c1ccc2cnccc2c1. The molecule has 1 aromatic carbocycles. The fraction of sp³-hybridized carbons (Fsp3) is 0.154. The predicted octanol–water partition coefficient (Wildman–Crippen LogP) is 1.44. The van der Waals surface area contributed by atoms with Gasteiger partial charge in [-0.3, -0.25) is 14.6 Å². The molecule has 2 N–H and O–H groups in total. The van der Waals surface area contributed by atoms with Crippen LogP contribution >= 0.6 is 0 Å². The Labute approximate surface area is 103 Å². The normalized spacial score (nSPS) is 10.2. The molecule has 2 aromatic rings. The van der Waals surface area contributed by atoms with Crippen LogP contribution in [0.3, 0.4) is 0 Å². The largest absolute Gasteiger partial charge is 0.481 e. The number of aromatic nitrogens is 1. The number of pyridine rings is 1. The number of carboxylic acid groups (broad SMARTS) is 1. The molecule has 0 unspecified atom stereocenters. The summed E-state index contributed by atoms with van der Waals surface area (Å²) in [5, 5.41) is 12.9. The molecule has 1 amide bonds. The van der Waals surface area contributed by atoms with Crippen molar-refractivity contribution >= 4 is 22.6 Å². The third-order valence-electron chi connectivity index (χ3n) is 2.53. The standard InChI is InChI=1S/C13H12N2O3/c16-12(17)4-6-15-13(18)10-1-2-11-8-14-5-3-9(11)7-10/h1-3,5,7-8H,4,6H2,(H,15,18)(H,16,17). The van der Waals surface area contributed by atoms with Crippen molar-refractivity contribution in [2.24, 2.45) is 0 Å². The molecule has 1 aromatic heterocycles. The number of nitrogens with zero attached hydrogens (tertiary/aromatic N) is 1. The van der Waals surface area contributed by atoms with Gasteiger partial charge in [0.25, 0.3) is 5.91 Å². The first kappa shape index (κ1) is 12.0. The van der Waals surface area contributed by atoms with E-state index in [0.29, 0.717) is 5.56 Å².